The Bertz CT molecular complexity index is 1340. The van der Waals surface area contributed by atoms with E-state index in [9.17, 15) is 18.0 Å². The molecule has 0 radical (unpaired) electrons. The number of benzene rings is 2. The van der Waals surface area contributed by atoms with E-state index in [0.29, 0.717) is 13.1 Å². The highest BCUT2D eigenvalue weighted by molar-refractivity contribution is 5.94. The molecule has 4 heterocycles. The smallest absolute Gasteiger partial charge is 0.482 e. The van der Waals surface area contributed by atoms with Crippen LogP contribution in [0.2, 0.25) is 0 Å². The number of amides is 1. The second-order valence-electron chi connectivity index (χ2n) is 10.3. The van der Waals surface area contributed by atoms with Crippen LogP contribution in [0.25, 0.3) is 11.3 Å². The van der Waals surface area contributed by atoms with Gasteiger partial charge in [-0.15, -0.1) is 0 Å². The van der Waals surface area contributed by atoms with Crippen molar-refractivity contribution in [2.45, 2.75) is 44.0 Å². The largest absolute Gasteiger partial charge is 0.490 e. The first kappa shape index (κ1) is 27.7. The second kappa shape index (κ2) is 11.3. The first-order valence-corrected chi connectivity index (χ1v) is 13.4. The molecule has 1 aromatic heterocycles. The van der Waals surface area contributed by atoms with Crippen LogP contribution < -0.4 is 4.74 Å². The zero-order valence-electron chi connectivity index (χ0n) is 21.9. The van der Waals surface area contributed by atoms with Crippen LogP contribution in [0.4, 0.5) is 13.2 Å². The molecule has 3 aliphatic rings. The van der Waals surface area contributed by atoms with Crippen LogP contribution in [0.1, 0.15) is 41.6 Å². The van der Waals surface area contributed by atoms with Gasteiger partial charge in [0.05, 0.1) is 6.54 Å². The van der Waals surface area contributed by atoms with E-state index in [4.69, 9.17) is 19.7 Å². The summed E-state index contributed by atoms with van der Waals surface area (Å²) in [6.45, 7) is 5.67. The highest BCUT2D eigenvalue weighted by atomic mass is 19.4. The Morgan fingerprint density at radius 2 is 1.55 bits per heavy atom. The molecular formula is C29H31F3N4O4. The maximum absolute atomic E-state index is 13.0. The SMILES string of the molecule is O=C(O)C(F)(F)F.O=C(c1ccccc1)N1CCC2(CC1)Oc1ccccc1-c1nn(CCN3CCCC3)cc12. The van der Waals surface area contributed by atoms with Gasteiger partial charge in [-0.05, 0) is 50.2 Å². The van der Waals surface area contributed by atoms with Gasteiger partial charge in [-0.2, -0.15) is 18.3 Å². The van der Waals surface area contributed by atoms with Crippen molar-refractivity contribution in [3.8, 4) is 17.0 Å². The topological polar surface area (TPSA) is 87.9 Å². The Morgan fingerprint density at radius 3 is 2.20 bits per heavy atom. The molecule has 1 N–H and O–H groups in total. The van der Waals surface area contributed by atoms with Gasteiger partial charge in [0, 0.05) is 55.4 Å². The molecule has 0 unspecified atom stereocenters. The summed E-state index contributed by atoms with van der Waals surface area (Å²) in [6.07, 6.45) is 1.27. The molecule has 0 bridgehead atoms. The molecule has 40 heavy (non-hydrogen) atoms. The summed E-state index contributed by atoms with van der Waals surface area (Å²) in [5.74, 6) is -1.76. The molecular weight excluding hydrogens is 525 g/mol. The van der Waals surface area contributed by atoms with Crippen molar-refractivity contribution in [3.63, 3.8) is 0 Å². The van der Waals surface area contributed by atoms with E-state index in [-0.39, 0.29) is 5.91 Å². The summed E-state index contributed by atoms with van der Waals surface area (Å²) >= 11 is 0. The van der Waals surface area contributed by atoms with Crippen LogP contribution in [0, 0.1) is 0 Å². The van der Waals surface area contributed by atoms with E-state index in [1.54, 1.807) is 0 Å². The van der Waals surface area contributed by atoms with Crippen LogP contribution in [-0.2, 0) is 16.9 Å². The number of carboxylic acids is 1. The number of aromatic nitrogens is 2. The molecule has 3 aliphatic heterocycles. The predicted octanol–water partition coefficient (Wildman–Crippen LogP) is 4.80. The number of carboxylic acid groups (broad SMARTS) is 1. The maximum atomic E-state index is 13.0. The Balaban J connectivity index is 0.000000411. The van der Waals surface area contributed by atoms with Crippen molar-refractivity contribution in [1.29, 1.82) is 0 Å². The van der Waals surface area contributed by atoms with Gasteiger partial charge in [0.25, 0.3) is 5.91 Å². The van der Waals surface area contributed by atoms with Crippen molar-refractivity contribution in [3.05, 3.63) is 71.9 Å². The molecule has 11 heteroatoms. The summed E-state index contributed by atoms with van der Waals surface area (Å²) in [5.41, 5.74) is 3.61. The lowest BCUT2D eigenvalue weighted by Crippen LogP contribution is -2.49. The Kier molecular flexibility index (Phi) is 7.84. The molecule has 2 aromatic carbocycles. The number of fused-ring (bicyclic) bond motifs is 4. The predicted molar refractivity (Wildman–Crippen MR) is 141 cm³/mol. The van der Waals surface area contributed by atoms with Gasteiger partial charge < -0.3 is 19.6 Å². The number of rotatable bonds is 4. The molecule has 3 aromatic rings. The molecule has 2 saturated heterocycles. The van der Waals surface area contributed by atoms with E-state index < -0.39 is 17.7 Å². The number of para-hydroxylation sites is 1. The summed E-state index contributed by atoms with van der Waals surface area (Å²) in [6, 6.07) is 17.8. The minimum atomic E-state index is -5.08. The zero-order chi connectivity index (χ0) is 28.3. The normalized spacial score (nSPS) is 17.8. The van der Waals surface area contributed by atoms with Crippen molar-refractivity contribution in [2.24, 2.45) is 0 Å². The number of nitrogens with zero attached hydrogens (tertiary/aromatic N) is 4. The molecule has 6 rings (SSSR count). The molecule has 8 nitrogen and oxygen atoms in total. The zero-order valence-corrected chi connectivity index (χ0v) is 21.9. The van der Waals surface area contributed by atoms with Crippen molar-refractivity contribution in [2.75, 3.05) is 32.7 Å². The third kappa shape index (κ3) is 5.84. The van der Waals surface area contributed by atoms with Gasteiger partial charge in [-0.25, -0.2) is 4.79 Å². The van der Waals surface area contributed by atoms with Gasteiger partial charge in [0.2, 0.25) is 0 Å². The van der Waals surface area contributed by atoms with E-state index in [1.807, 2.05) is 53.4 Å². The molecule has 212 valence electrons. The number of piperidine rings is 1. The first-order chi connectivity index (χ1) is 19.2. The summed E-state index contributed by atoms with van der Waals surface area (Å²) in [7, 11) is 0. The van der Waals surface area contributed by atoms with E-state index in [1.165, 1.54) is 31.5 Å². The third-order valence-corrected chi connectivity index (χ3v) is 7.67. The molecule has 2 fully saturated rings. The third-order valence-electron chi connectivity index (χ3n) is 7.67. The van der Waals surface area contributed by atoms with Gasteiger partial charge in [-0.1, -0.05) is 30.3 Å². The fourth-order valence-corrected chi connectivity index (χ4v) is 5.54. The number of aliphatic carboxylic acids is 1. The van der Waals surface area contributed by atoms with Crippen LogP contribution in [0.3, 0.4) is 0 Å². The quantitative estimate of drug-likeness (QED) is 0.497. The van der Waals surface area contributed by atoms with Crippen molar-refractivity contribution >= 4 is 11.9 Å². The minimum absolute atomic E-state index is 0.100. The highest BCUT2D eigenvalue weighted by Gasteiger charge is 2.46. The molecule has 0 aliphatic carbocycles. The number of hydrogen-bond donors (Lipinski definition) is 1. The molecule has 1 amide bonds. The number of halogens is 3. The summed E-state index contributed by atoms with van der Waals surface area (Å²) in [4.78, 5) is 26.4. The lowest BCUT2D eigenvalue weighted by atomic mass is 9.81. The maximum Gasteiger partial charge on any atom is 0.490 e. The van der Waals surface area contributed by atoms with E-state index in [0.717, 1.165) is 48.5 Å². The lowest BCUT2D eigenvalue weighted by molar-refractivity contribution is -0.192. The van der Waals surface area contributed by atoms with E-state index >= 15 is 0 Å². The average molecular weight is 557 g/mol. The van der Waals surface area contributed by atoms with E-state index in [2.05, 4.69) is 21.8 Å². The number of likely N-dealkylation sites (tertiary alicyclic amines) is 2. The van der Waals surface area contributed by atoms with Gasteiger partial charge in [-0.3, -0.25) is 9.48 Å². The first-order valence-electron chi connectivity index (χ1n) is 13.4. The monoisotopic (exact) mass is 556 g/mol. The lowest BCUT2D eigenvalue weighted by Gasteiger charge is -2.44. The van der Waals surface area contributed by atoms with Crippen molar-refractivity contribution in [1.82, 2.24) is 19.6 Å². The Hall–Kier alpha value is -3.86. The van der Waals surface area contributed by atoms with Gasteiger partial charge in [0.15, 0.2) is 0 Å². The number of ether oxygens (including phenoxy) is 1. The second-order valence-corrected chi connectivity index (χ2v) is 10.3. The Morgan fingerprint density at radius 1 is 0.925 bits per heavy atom. The Labute approximate surface area is 229 Å². The fourth-order valence-electron chi connectivity index (χ4n) is 5.54. The van der Waals surface area contributed by atoms with Crippen LogP contribution >= 0.6 is 0 Å². The number of hydrogen-bond acceptors (Lipinski definition) is 5. The molecule has 1 spiro atoms. The number of carbonyl (C=O) groups is 2. The van der Waals surface area contributed by atoms with Crippen LogP contribution in [0.15, 0.2) is 60.8 Å². The number of carbonyl (C=O) groups excluding carboxylic acids is 1. The van der Waals surface area contributed by atoms with Crippen LogP contribution in [-0.4, -0.2) is 75.5 Å². The molecule has 0 atom stereocenters. The fraction of sp³-hybridized carbons (Fsp3) is 0.414. The summed E-state index contributed by atoms with van der Waals surface area (Å²) < 4.78 is 40.6. The number of alkyl halides is 3. The van der Waals surface area contributed by atoms with Crippen molar-refractivity contribution < 1.29 is 32.6 Å². The van der Waals surface area contributed by atoms with Gasteiger partial charge >= 0.3 is 12.1 Å². The van der Waals surface area contributed by atoms with Gasteiger partial charge in [0.1, 0.15) is 17.0 Å². The molecule has 0 saturated carbocycles. The standard InChI is InChI=1S/C27H30N4O2.C2HF3O2/c32-26(21-8-2-1-3-9-21)30-16-12-27(13-17-30)23-20-31(19-18-29-14-6-7-15-29)28-25(23)22-10-4-5-11-24(22)33-27;3-2(4,5)1(6)7/h1-5,8-11,20H,6-7,12-19H2;(H,6,7). The average Bonchev–Trinajstić information content (AvgIpc) is 3.63. The van der Waals surface area contributed by atoms with Crippen LogP contribution in [0.5, 0.6) is 5.75 Å². The highest BCUT2D eigenvalue weighted by Crippen LogP contribution is 2.49. The summed E-state index contributed by atoms with van der Waals surface area (Å²) in [5, 5.41) is 12.2. The minimum Gasteiger partial charge on any atom is -0.482 e.